The van der Waals surface area contributed by atoms with E-state index in [0.29, 0.717) is 5.78 Å². The van der Waals surface area contributed by atoms with Crippen LogP contribution < -0.4 is 0 Å². The smallest absolute Gasteiger partial charge is 0.136 e. The van der Waals surface area contributed by atoms with Crippen molar-refractivity contribution in [3.8, 4) is 0 Å². The molecule has 0 amide bonds. The van der Waals surface area contributed by atoms with Crippen LogP contribution in [0.25, 0.3) is 0 Å². The van der Waals surface area contributed by atoms with Gasteiger partial charge in [0, 0.05) is 9.89 Å². The summed E-state index contributed by atoms with van der Waals surface area (Å²) in [5.74, 6) is 0.348. The van der Waals surface area contributed by atoms with Crippen LogP contribution in [0, 0.1) is 5.41 Å². The van der Waals surface area contributed by atoms with Crippen LogP contribution in [0.3, 0.4) is 0 Å². The van der Waals surface area contributed by atoms with Crippen LogP contribution >= 0.6 is 15.9 Å². The summed E-state index contributed by atoms with van der Waals surface area (Å²) in [4.78, 5) is 11.4. The van der Waals surface area contributed by atoms with Crippen LogP contribution in [0.4, 0.5) is 0 Å². The van der Waals surface area contributed by atoms with Gasteiger partial charge in [-0.3, -0.25) is 4.79 Å². The maximum absolute atomic E-state index is 11.4. The quantitative estimate of drug-likeness (QED) is 0.807. The number of rotatable bonds is 3. The summed E-state index contributed by atoms with van der Waals surface area (Å²) < 4.78 is 1.09. The average molecular weight is 253 g/mol. The Morgan fingerprint density at radius 1 is 1.36 bits per heavy atom. The Kier molecular flexibility index (Phi) is 2.48. The van der Waals surface area contributed by atoms with Crippen molar-refractivity contribution in [1.82, 2.24) is 0 Å². The first-order chi connectivity index (χ1) is 6.62. The fourth-order valence-corrected chi connectivity index (χ4v) is 2.06. The molecule has 1 nitrogen and oxygen atoms in total. The third-order valence-electron chi connectivity index (χ3n) is 3.06. The summed E-state index contributed by atoms with van der Waals surface area (Å²) in [5.41, 5.74) is 1.26. The van der Waals surface area contributed by atoms with E-state index in [-0.39, 0.29) is 5.41 Å². The maximum Gasteiger partial charge on any atom is 0.136 e. The SMILES string of the molecule is CC(=O)C1(Cc2ccc(Br)cc2)CC1. The molecule has 0 spiro atoms. The molecule has 2 heteroatoms. The number of halogens is 1. The number of benzene rings is 1. The second kappa shape index (κ2) is 3.50. The van der Waals surface area contributed by atoms with Crippen LogP contribution in [-0.2, 0) is 11.2 Å². The van der Waals surface area contributed by atoms with Crippen molar-refractivity contribution in [3.63, 3.8) is 0 Å². The molecule has 0 aliphatic heterocycles. The monoisotopic (exact) mass is 252 g/mol. The molecule has 1 saturated carbocycles. The minimum Gasteiger partial charge on any atom is -0.299 e. The first-order valence-corrected chi connectivity index (χ1v) is 5.67. The number of carbonyl (C=O) groups is 1. The Morgan fingerprint density at radius 2 is 1.93 bits per heavy atom. The highest BCUT2D eigenvalue weighted by atomic mass is 79.9. The van der Waals surface area contributed by atoms with E-state index in [1.165, 1.54) is 5.56 Å². The summed E-state index contributed by atoms with van der Waals surface area (Å²) in [6.45, 7) is 1.71. The van der Waals surface area contributed by atoms with E-state index < -0.39 is 0 Å². The normalized spacial score (nSPS) is 17.9. The van der Waals surface area contributed by atoms with Gasteiger partial charge in [-0.2, -0.15) is 0 Å². The molecule has 0 saturated heterocycles. The zero-order chi connectivity index (χ0) is 10.2. The minimum atomic E-state index is -0.00612. The average Bonchev–Trinajstić information content (AvgIpc) is 2.90. The zero-order valence-corrected chi connectivity index (χ0v) is 9.80. The van der Waals surface area contributed by atoms with Gasteiger partial charge in [0.05, 0.1) is 0 Å². The van der Waals surface area contributed by atoms with Gasteiger partial charge in [-0.05, 0) is 43.9 Å². The molecule has 0 N–H and O–H groups in total. The molecule has 0 unspecified atom stereocenters. The highest BCUT2D eigenvalue weighted by Gasteiger charge is 2.46. The van der Waals surface area contributed by atoms with Gasteiger partial charge in [0.1, 0.15) is 5.78 Å². The van der Waals surface area contributed by atoms with Gasteiger partial charge in [-0.25, -0.2) is 0 Å². The van der Waals surface area contributed by atoms with Crippen LogP contribution in [0.1, 0.15) is 25.3 Å². The lowest BCUT2D eigenvalue weighted by Gasteiger charge is -2.10. The molecule has 1 aliphatic rings. The first kappa shape index (κ1) is 9.91. The lowest BCUT2D eigenvalue weighted by atomic mass is 9.93. The molecular formula is C12H13BrO. The molecule has 2 rings (SSSR count). The minimum absolute atomic E-state index is 0.00612. The van der Waals surface area contributed by atoms with Gasteiger partial charge in [-0.15, -0.1) is 0 Å². The molecule has 14 heavy (non-hydrogen) atoms. The second-order valence-electron chi connectivity index (χ2n) is 4.14. The second-order valence-corrected chi connectivity index (χ2v) is 5.06. The third-order valence-corrected chi connectivity index (χ3v) is 3.58. The molecule has 1 aromatic carbocycles. The standard InChI is InChI=1S/C12H13BrO/c1-9(14)12(6-7-12)8-10-2-4-11(13)5-3-10/h2-5H,6-8H2,1H3. The molecule has 0 bridgehead atoms. The van der Waals surface area contributed by atoms with Crippen molar-refractivity contribution in [2.75, 3.05) is 0 Å². The predicted molar refractivity (Wildman–Crippen MR) is 60.2 cm³/mol. The van der Waals surface area contributed by atoms with Crippen molar-refractivity contribution < 1.29 is 4.79 Å². The van der Waals surface area contributed by atoms with Gasteiger partial charge in [0.25, 0.3) is 0 Å². The molecule has 1 aromatic rings. The van der Waals surface area contributed by atoms with Gasteiger partial charge in [-0.1, -0.05) is 28.1 Å². The van der Waals surface area contributed by atoms with Crippen molar-refractivity contribution in [2.45, 2.75) is 26.2 Å². The number of carbonyl (C=O) groups excluding carboxylic acids is 1. The predicted octanol–water partition coefficient (Wildman–Crippen LogP) is 3.36. The van der Waals surface area contributed by atoms with Crippen molar-refractivity contribution >= 4 is 21.7 Å². The first-order valence-electron chi connectivity index (χ1n) is 4.88. The maximum atomic E-state index is 11.4. The molecule has 0 radical (unpaired) electrons. The summed E-state index contributed by atoms with van der Waals surface area (Å²) in [5, 5.41) is 0. The molecule has 0 heterocycles. The molecule has 1 fully saturated rings. The van der Waals surface area contributed by atoms with Crippen LogP contribution in [0.15, 0.2) is 28.7 Å². The highest BCUT2D eigenvalue weighted by molar-refractivity contribution is 9.10. The van der Waals surface area contributed by atoms with Crippen molar-refractivity contribution in [3.05, 3.63) is 34.3 Å². The highest BCUT2D eigenvalue weighted by Crippen LogP contribution is 2.49. The molecule has 1 aliphatic carbocycles. The number of ketones is 1. The Labute approximate surface area is 92.6 Å². The van der Waals surface area contributed by atoms with Crippen molar-refractivity contribution in [1.29, 1.82) is 0 Å². The number of hydrogen-bond donors (Lipinski definition) is 0. The zero-order valence-electron chi connectivity index (χ0n) is 8.22. The molecular weight excluding hydrogens is 240 g/mol. The van der Waals surface area contributed by atoms with Gasteiger partial charge >= 0.3 is 0 Å². The van der Waals surface area contributed by atoms with E-state index in [9.17, 15) is 4.79 Å². The van der Waals surface area contributed by atoms with Gasteiger partial charge in [0.2, 0.25) is 0 Å². The Bertz CT molecular complexity index is 349. The Hall–Kier alpha value is -0.630. The topological polar surface area (TPSA) is 17.1 Å². The van der Waals surface area contributed by atoms with E-state index in [1.807, 2.05) is 12.1 Å². The van der Waals surface area contributed by atoms with E-state index >= 15 is 0 Å². The number of hydrogen-bond acceptors (Lipinski definition) is 1. The summed E-state index contributed by atoms with van der Waals surface area (Å²) in [6.07, 6.45) is 3.05. The van der Waals surface area contributed by atoms with E-state index in [1.54, 1.807) is 6.92 Å². The summed E-state index contributed by atoms with van der Waals surface area (Å²) >= 11 is 3.40. The third kappa shape index (κ3) is 1.90. The van der Waals surface area contributed by atoms with E-state index in [2.05, 4.69) is 28.1 Å². The largest absolute Gasteiger partial charge is 0.299 e. The van der Waals surface area contributed by atoms with E-state index in [4.69, 9.17) is 0 Å². The van der Waals surface area contributed by atoms with Gasteiger partial charge in [0.15, 0.2) is 0 Å². The molecule has 74 valence electrons. The lowest BCUT2D eigenvalue weighted by molar-refractivity contribution is -0.121. The fraction of sp³-hybridized carbons (Fsp3) is 0.417. The molecule has 0 aromatic heterocycles. The number of Topliss-reactive ketones (excluding diaryl/α,β-unsaturated/α-hetero) is 1. The Morgan fingerprint density at radius 3 is 2.36 bits per heavy atom. The Balaban J connectivity index is 2.11. The van der Waals surface area contributed by atoms with Crippen LogP contribution in [-0.4, -0.2) is 5.78 Å². The van der Waals surface area contributed by atoms with Crippen molar-refractivity contribution in [2.24, 2.45) is 5.41 Å². The summed E-state index contributed by atoms with van der Waals surface area (Å²) in [6, 6.07) is 8.25. The summed E-state index contributed by atoms with van der Waals surface area (Å²) in [7, 11) is 0. The van der Waals surface area contributed by atoms with E-state index in [0.717, 1.165) is 23.7 Å². The van der Waals surface area contributed by atoms with Crippen LogP contribution in [0.5, 0.6) is 0 Å². The molecule has 0 atom stereocenters. The van der Waals surface area contributed by atoms with Crippen LogP contribution in [0.2, 0.25) is 0 Å². The fourth-order valence-electron chi connectivity index (χ4n) is 1.80. The van der Waals surface area contributed by atoms with Gasteiger partial charge < -0.3 is 0 Å². The lowest BCUT2D eigenvalue weighted by Crippen LogP contribution is -2.14.